The number of para-hydroxylation sites is 1. The first-order valence-corrected chi connectivity index (χ1v) is 12.4. The second-order valence-corrected chi connectivity index (χ2v) is 10.0. The SMILES string of the molecule is Cc1cc(-c2sc(N3C[C@@H](C)O[C@@H](C)C3)nc2CNC(=O)c2cccc3c2OC(F)(F)O3)cc(C)n1. The number of aryl methyl sites for hydroxylation is 2. The maximum atomic E-state index is 13.6. The second-order valence-electron chi connectivity index (χ2n) is 9.06. The summed E-state index contributed by atoms with van der Waals surface area (Å²) in [6.07, 6.45) is -3.68. The number of nitrogens with one attached hydrogen (secondary N) is 1. The normalized spacial score (nSPS) is 20.4. The molecule has 2 atom stereocenters. The van der Waals surface area contributed by atoms with Crippen molar-refractivity contribution < 1.29 is 27.8 Å². The van der Waals surface area contributed by atoms with Crippen LogP contribution in [0.2, 0.25) is 0 Å². The summed E-state index contributed by atoms with van der Waals surface area (Å²) in [7, 11) is 0. The van der Waals surface area contributed by atoms with Crippen molar-refractivity contribution in [1.29, 1.82) is 0 Å². The number of aromatic nitrogens is 2. The lowest BCUT2D eigenvalue weighted by atomic mass is 10.1. The van der Waals surface area contributed by atoms with Crippen molar-refractivity contribution in [3.05, 3.63) is 53.0 Å². The third-order valence-electron chi connectivity index (χ3n) is 5.81. The van der Waals surface area contributed by atoms with Gasteiger partial charge in [0.1, 0.15) is 0 Å². The number of anilines is 1. The number of rotatable bonds is 5. The molecule has 1 aromatic carbocycles. The van der Waals surface area contributed by atoms with E-state index in [2.05, 4.69) is 24.7 Å². The van der Waals surface area contributed by atoms with E-state index < -0.39 is 12.2 Å². The van der Waals surface area contributed by atoms with Gasteiger partial charge in [-0.25, -0.2) is 4.98 Å². The van der Waals surface area contributed by atoms with Crippen LogP contribution in [0.1, 0.15) is 41.3 Å². The number of carbonyl (C=O) groups excluding carboxylic acids is 1. The van der Waals surface area contributed by atoms with Gasteiger partial charge in [-0.3, -0.25) is 9.78 Å². The minimum atomic E-state index is -3.81. The number of halogens is 2. The molecule has 0 saturated carbocycles. The van der Waals surface area contributed by atoms with Crippen LogP contribution in [0.15, 0.2) is 30.3 Å². The van der Waals surface area contributed by atoms with E-state index >= 15 is 0 Å². The lowest BCUT2D eigenvalue weighted by Crippen LogP contribution is -2.45. The smallest absolute Gasteiger partial charge is 0.395 e. The van der Waals surface area contributed by atoms with Crippen LogP contribution in [0, 0.1) is 13.8 Å². The summed E-state index contributed by atoms with van der Waals surface area (Å²) < 4.78 is 42.0. The highest BCUT2D eigenvalue weighted by Crippen LogP contribution is 2.43. The summed E-state index contributed by atoms with van der Waals surface area (Å²) in [5, 5.41) is 3.65. The van der Waals surface area contributed by atoms with Crippen molar-refractivity contribution in [3.63, 3.8) is 0 Å². The summed E-state index contributed by atoms with van der Waals surface area (Å²) in [6, 6.07) is 8.18. The Labute approximate surface area is 211 Å². The molecule has 5 rings (SSSR count). The van der Waals surface area contributed by atoms with E-state index in [9.17, 15) is 13.6 Å². The van der Waals surface area contributed by atoms with Crippen LogP contribution < -0.4 is 19.7 Å². The molecule has 1 fully saturated rings. The van der Waals surface area contributed by atoms with Gasteiger partial charge in [0, 0.05) is 24.5 Å². The van der Waals surface area contributed by atoms with Crippen LogP contribution in [0.5, 0.6) is 11.5 Å². The number of nitrogens with zero attached hydrogens (tertiary/aromatic N) is 3. The van der Waals surface area contributed by atoms with Crippen molar-refractivity contribution in [2.24, 2.45) is 0 Å². The maximum absolute atomic E-state index is 13.6. The Hall–Kier alpha value is -3.31. The van der Waals surface area contributed by atoms with E-state index in [0.717, 1.165) is 27.0 Å². The monoisotopic (exact) mass is 516 g/mol. The van der Waals surface area contributed by atoms with Gasteiger partial charge in [-0.05, 0) is 57.5 Å². The standard InChI is InChI=1S/C25H26F2N4O4S/c1-13-8-17(9-14(2)29-13)22-19(30-24(36-22)31-11-15(3)33-16(4)12-31)10-28-23(32)18-6-5-7-20-21(18)35-25(26,27)34-20/h5-9,15-16H,10-12H2,1-4H3,(H,28,32)/t15-,16+. The Bertz CT molecular complexity index is 1280. The third kappa shape index (κ3) is 4.98. The fourth-order valence-electron chi connectivity index (χ4n) is 4.53. The van der Waals surface area contributed by atoms with Gasteiger partial charge in [0.05, 0.1) is 34.9 Å². The highest BCUT2D eigenvalue weighted by Gasteiger charge is 2.45. The minimum Gasteiger partial charge on any atom is -0.395 e. The summed E-state index contributed by atoms with van der Waals surface area (Å²) >= 11 is 1.54. The average Bonchev–Trinajstić information content (AvgIpc) is 3.35. The van der Waals surface area contributed by atoms with Crippen LogP contribution in [-0.4, -0.2) is 47.5 Å². The molecule has 2 aliphatic rings. The van der Waals surface area contributed by atoms with E-state index in [1.54, 1.807) is 11.3 Å². The molecule has 0 radical (unpaired) electrons. The molecule has 11 heteroatoms. The Morgan fingerprint density at radius 2 is 1.83 bits per heavy atom. The number of hydrogen-bond donors (Lipinski definition) is 1. The molecule has 2 aliphatic heterocycles. The molecule has 1 amide bonds. The lowest BCUT2D eigenvalue weighted by Gasteiger charge is -2.35. The van der Waals surface area contributed by atoms with Crippen LogP contribution in [0.3, 0.4) is 0 Å². The van der Waals surface area contributed by atoms with Gasteiger partial charge in [-0.2, -0.15) is 0 Å². The number of pyridine rings is 1. The van der Waals surface area contributed by atoms with E-state index in [1.165, 1.54) is 18.2 Å². The molecule has 0 spiro atoms. The quantitative estimate of drug-likeness (QED) is 0.527. The molecule has 2 aromatic heterocycles. The number of thiazole rings is 1. The number of morpholine rings is 1. The average molecular weight is 517 g/mol. The number of carbonyl (C=O) groups is 1. The molecule has 36 heavy (non-hydrogen) atoms. The van der Waals surface area contributed by atoms with Gasteiger partial charge < -0.3 is 24.4 Å². The molecule has 0 aliphatic carbocycles. The van der Waals surface area contributed by atoms with E-state index in [4.69, 9.17) is 9.72 Å². The third-order valence-corrected chi connectivity index (χ3v) is 7.02. The van der Waals surface area contributed by atoms with Crippen LogP contribution in [0.25, 0.3) is 10.4 Å². The molecule has 1 saturated heterocycles. The van der Waals surface area contributed by atoms with Crippen molar-refractivity contribution in [2.75, 3.05) is 18.0 Å². The predicted octanol–water partition coefficient (Wildman–Crippen LogP) is 4.69. The molecule has 1 N–H and O–H groups in total. The highest BCUT2D eigenvalue weighted by atomic mass is 32.1. The lowest BCUT2D eigenvalue weighted by molar-refractivity contribution is -0.286. The molecule has 190 valence electrons. The number of amides is 1. The number of benzene rings is 1. The largest absolute Gasteiger partial charge is 0.586 e. The highest BCUT2D eigenvalue weighted by molar-refractivity contribution is 7.19. The van der Waals surface area contributed by atoms with Crippen molar-refractivity contribution in [2.45, 2.75) is 52.7 Å². The van der Waals surface area contributed by atoms with Gasteiger partial charge in [0.25, 0.3) is 5.91 Å². The second kappa shape index (κ2) is 9.29. The zero-order valence-electron chi connectivity index (χ0n) is 20.3. The zero-order valence-corrected chi connectivity index (χ0v) is 21.1. The molecular formula is C25H26F2N4O4S. The topological polar surface area (TPSA) is 85.8 Å². The van der Waals surface area contributed by atoms with E-state index in [-0.39, 0.29) is 35.8 Å². The molecule has 0 unspecified atom stereocenters. The first-order valence-electron chi connectivity index (χ1n) is 11.6. The zero-order chi connectivity index (χ0) is 25.6. The van der Waals surface area contributed by atoms with Gasteiger partial charge >= 0.3 is 6.29 Å². The Morgan fingerprint density at radius 1 is 1.14 bits per heavy atom. The van der Waals surface area contributed by atoms with Gasteiger partial charge in [-0.15, -0.1) is 8.78 Å². The van der Waals surface area contributed by atoms with Crippen molar-refractivity contribution in [3.8, 4) is 21.9 Å². The van der Waals surface area contributed by atoms with Crippen molar-refractivity contribution >= 4 is 22.4 Å². The van der Waals surface area contributed by atoms with Crippen LogP contribution >= 0.6 is 11.3 Å². The van der Waals surface area contributed by atoms with E-state index in [1.807, 2.05) is 39.8 Å². The van der Waals surface area contributed by atoms with Gasteiger partial charge in [0.2, 0.25) is 0 Å². The Morgan fingerprint density at radius 3 is 2.53 bits per heavy atom. The predicted molar refractivity (Wildman–Crippen MR) is 131 cm³/mol. The van der Waals surface area contributed by atoms with Crippen LogP contribution in [0.4, 0.5) is 13.9 Å². The Balaban J connectivity index is 1.44. The first kappa shape index (κ1) is 24.4. The maximum Gasteiger partial charge on any atom is 0.586 e. The number of alkyl halides is 2. The number of ether oxygens (including phenoxy) is 3. The fourth-order valence-corrected chi connectivity index (χ4v) is 5.61. The number of fused-ring (bicyclic) bond motifs is 1. The Kier molecular flexibility index (Phi) is 6.29. The minimum absolute atomic E-state index is 0.0342. The summed E-state index contributed by atoms with van der Waals surface area (Å²) in [4.78, 5) is 25.4. The molecule has 3 aromatic rings. The molecule has 0 bridgehead atoms. The fraction of sp³-hybridized carbons (Fsp3) is 0.400. The van der Waals surface area contributed by atoms with Gasteiger partial charge in [-0.1, -0.05) is 17.4 Å². The number of hydrogen-bond acceptors (Lipinski definition) is 8. The van der Waals surface area contributed by atoms with E-state index in [0.29, 0.717) is 18.8 Å². The summed E-state index contributed by atoms with van der Waals surface area (Å²) in [6.45, 7) is 9.43. The van der Waals surface area contributed by atoms with Gasteiger partial charge in [0.15, 0.2) is 16.6 Å². The van der Waals surface area contributed by atoms with Crippen LogP contribution in [-0.2, 0) is 11.3 Å². The first-order chi connectivity index (χ1) is 17.1. The van der Waals surface area contributed by atoms with Crippen molar-refractivity contribution in [1.82, 2.24) is 15.3 Å². The molecular weight excluding hydrogens is 490 g/mol. The molecule has 4 heterocycles. The summed E-state index contributed by atoms with van der Waals surface area (Å²) in [5.41, 5.74) is 3.35. The molecule has 8 nitrogen and oxygen atoms in total. The summed E-state index contributed by atoms with van der Waals surface area (Å²) in [5.74, 6) is -1.03.